The van der Waals surface area contributed by atoms with Crippen LogP contribution >= 0.6 is 0 Å². The summed E-state index contributed by atoms with van der Waals surface area (Å²) in [5.41, 5.74) is 3.62. The van der Waals surface area contributed by atoms with Gasteiger partial charge in [0.15, 0.2) is 0 Å². The Hall–Kier alpha value is -2.29. The number of benzene rings is 2. The van der Waals surface area contributed by atoms with Gasteiger partial charge >= 0.3 is 0 Å². The Balaban J connectivity index is 2.09. The number of carbonyl (C=O) groups excluding carboxylic acids is 1. The number of rotatable bonds is 3. The summed E-state index contributed by atoms with van der Waals surface area (Å²) in [6.07, 6.45) is 0. The second-order valence-electron chi connectivity index (χ2n) is 4.15. The monoisotopic (exact) mass is 240 g/mol. The molecule has 2 rings (SSSR count). The average Bonchev–Trinajstić information content (AvgIpc) is 2.41. The predicted octanol–water partition coefficient (Wildman–Crippen LogP) is 3.29. The molecule has 2 aromatic carbocycles. The molecule has 0 saturated carbocycles. The maximum Gasteiger partial charge on any atom is 0.255 e. The topological polar surface area (TPSA) is 41.1 Å². The van der Waals surface area contributed by atoms with Crippen molar-refractivity contribution in [2.24, 2.45) is 0 Å². The number of hydrogen-bond donors (Lipinski definition) is 2. The number of hydrogen-bond acceptors (Lipinski definition) is 2. The molecule has 0 fully saturated rings. The van der Waals surface area contributed by atoms with Crippen LogP contribution in [0.2, 0.25) is 0 Å². The average molecular weight is 240 g/mol. The summed E-state index contributed by atoms with van der Waals surface area (Å²) in [5, 5.41) is 5.88. The molecule has 0 heterocycles. The molecule has 0 aliphatic rings. The lowest BCUT2D eigenvalue weighted by atomic mass is 10.2. The lowest BCUT2D eigenvalue weighted by Crippen LogP contribution is -2.11. The van der Waals surface area contributed by atoms with Gasteiger partial charge in [0.25, 0.3) is 5.91 Å². The Morgan fingerprint density at radius 1 is 0.889 bits per heavy atom. The van der Waals surface area contributed by atoms with Crippen LogP contribution in [0.1, 0.15) is 15.9 Å². The van der Waals surface area contributed by atoms with E-state index in [0.717, 1.165) is 11.4 Å². The molecule has 0 aliphatic carbocycles. The van der Waals surface area contributed by atoms with Crippen LogP contribution in [0.3, 0.4) is 0 Å². The first-order valence-corrected chi connectivity index (χ1v) is 5.85. The van der Waals surface area contributed by atoms with Crippen molar-refractivity contribution < 1.29 is 4.79 Å². The molecule has 2 aromatic rings. The Kier molecular flexibility index (Phi) is 3.63. The van der Waals surface area contributed by atoms with Crippen LogP contribution in [0.4, 0.5) is 11.4 Å². The standard InChI is InChI=1S/C15H16N2O/c1-11-3-7-14(8-4-11)17-15(18)12-5-9-13(16-2)10-6-12/h3-10,16H,1-2H3,(H,17,18). The predicted molar refractivity (Wildman–Crippen MR) is 75.1 cm³/mol. The highest BCUT2D eigenvalue weighted by Crippen LogP contribution is 2.12. The smallest absolute Gasteiger partial charge is 0.255 e. The molecule has 92 valence electrons. The third-order valence-corrected chi connectivity index (χ3v) is 2.75. The number of amides is 1. The summed E-state index contributed by atoms with van der Waals surface area (Å²) >= 11 is 0. The Labute approximate surface area is 107 Å². The van der Waals surface area contributed by atoms with E-state index in [1.54, 1.807) is 12.1 Å². The minimum Gasteiger partial charge on any atom is -0.388 e. The first kappa shape index (κ1) is 12.2. The summed E-state index contributed by atoms with van der Waals surface area (Å²) in [5.74, 6) is -0.0958. The molecule has 0 aliphatic heterocycles. The Morgan fingerprint density at radius 2 is 1.44 bits per heavy atom. The molecule has 0 unspecified atom stereocenters. The molecule has 18 heavy (non-hydrogen) atoms. The van der Waals surface area contributed by atoms with Crippen LogP contribution in [0, 0.1) is 6.92 Å². The number of anilines is 2. The number of aryl methyl sites for hydroxylation is 1. The van der Waals surface area contributed by atoms with E-state index < -0.39 is 0 Å². The van der Waals surface area contributed by atoms with E-state index in [0.29, 0.717) is 5.56 Å². The Bertz CT molecular complexity index is 529. The van der Waals surface area contributed by atoms with Gasteiger partial charge < -0.3 is 10.6 Å². The number of carbonyl (C=O) groups is 1. The van der Waals surface area contributed by atoms with Gasteiger partial charge in [0.1, 0.15) is 0 Å². The van der Waals surface area contributed by atoms with Crippen molar-refractivity contribution in [2.75, 3.05) is 17.7 Å². The van der Waals surface area contributed by atoms with Gasteiger partial charge in [0, 0.05) is 24.0 Å². The quantitative estimate of drug-likeness (QED) is 0.864. The van der Waals surface area contributed by atoms with Crippen molar-refractivity contribution in [3.63, 3.8) is 0 Å². The molecule has 3 nitrogen and oxygen atoms in total. The largest absolute Gasteiger partial charge is 0.388 e. The summed E-state index contributed by atoms with van der Waals surface area (Å²) in [7, 11) is 1.85. The van der Waals surface area contributed by atoms with Crippen LogP contribution in [-0.4, -0.2) is 13.0 Å². The second kappa shape index (κ2) is 5.36. The van der Waals surface area contributed by atoms with Crippen molar-refractivity contribution in [2.45, 2.75) is 6.92 Å². The summed E-state index contributed by atoms with van der Waals surface area (Å²) in [6.45, 7) is 2.02. The first-order chi connectivity index (χ1) is 8.69. The van der Waals surface area contributed by atoms with E-state index in [1.165, 1.54) is 5.56 Å². The van der Waals surface area contributed by atoms with Gasteiger partial charge in [-0.15, -0.1) is 0 Å². The Morgan fingerprint density at radius 3 is 2.00 bits per heavy atom. The van der Waals surface area contributed by atoms with E-state index in [1.807, 2.05) is 50.4 Å². The zero-order valence-electron chi connectivity index (χ0n) is 10.5. The van der Waals surface area contributed by atoms with Crippen LogP contribution in [0.25, 0.3) is 0 Å². The van der Waals surface area contributed by atoms with Gasteiger partial charge in [0.05, 0.1) is 0 Å². The molecule has 0 aromatic heterocycles. The fourth-order valence-electron chi connectivity index (χ4n) is 1.63. The van der Waals surface area contributed by atoms with Crippen molar-refractivity contribution in [3.8, 4) is 0 Å². The third-order valence-electron chi connectivity index (χ3n) is 2.75. The molecular weight excluding hydrogens is 224 g/mol. The fraction of sp³-hybridized carbons (Fsp3) is 0.133. The van der Waals surface area contributed by atoms with Gasteiger partial charge in [-0.25, -0.2) is 0 Å². The summed E-state index contributed by atoms with van der Waals surface area (Å²) in [4.78, 5) is 12.0. The molecule has 3 heteroatoms. The molecule has 0 spiro atoms. The minimum atomic E-state index is -0.0958. The summed E-state index contributed by atoms with van der Waals surface area (Å²) < 4.78 is 0. The van der Waals surface area contributed by atoms with Gasteiger partial charge in [-0.05, 0) is 43.3 Å². The third kappa shape index (κ3) is 2.88. The molecule has 0 atom stereocenters. The van der Waals surface area contributed by atoms with Gasteiger partial charge in [-0.2, -0.15) is 0 Å². The zero-order valence-corrected chi connectivity index (χ0v) is 10.5. The first-order valence-electron chi connectivity index (χ1n) is 5.85. The molecule has 0 radical (unpaired) electrons. The van der Waals surface area contributed by atoms with Crippen molar-refractivity contribution in [1.82, 2.24) is 0 Å². The molecule has 0 bridgehead atoms. The van der Waals surface area contributed by atoms with Crippen LogP contribution in [-0.2, 0) is 0 Å². The van der Waals surface area contributed by atoms with E-state index in [-0.39, 0.29) is 5.91 Å². The lowest BCUT2D eigenvalue weighted by Gasteiger charge is -2.06. The maximum atomic E-state index is 12.0. The molecule has 0 saturated heterocycles. The van der Waals surface area contributed by atoms with Crippen molar-refractivity contribution in [1.29, 1.82) is 0 Å². The highest BCUT2D eigenvalue weighted by atomic mass is 16.1. The highest BCUT2D eigenvalue weighted by molar-refractivity contribution is 6.04. The SMILES string of the molecule is CNc1ccc(C(=O)Nc2ccc(C)cc2)cc1. The van der Waals surface area contributed by atoms with E-state index >= 15 is 0 Å². The van der Waals surface area contributed by atoms with Gasteiger partial charge in [-0.3, -0.25) is 4.79 Å². The minimum absolute atomic E-state index is 0.0958. The van der Waals surface area contributed by atoms with Crippen molar-refractivity contribution in [3.05, 3.63) is 59.7 Å². The molecular formula is C15H16N2O. The molecule has 1 amide bonds. The fourth-order valence-corrected chi connectivity index (χ4v) is 1.63. The lowest BCUT2D eigenvalue weighted by molar-refractivity contribution is 0.102. The van der Waals surface area contributed by atoms with Crippen LogP contribution in [0.5, 0.6) is 0 Å². The number of nitrogens with one attached hydrogen (secondary N) is 2. The van der Waals surface area contributed by atoms with Gasteiger partial charge in [0.2, 0.25) is 0 Å². The summed E-state index contributed by atoms with van der Waals surface area (Å²) in [6, 6.07) is 15.1. The maximum absolute atomic E-state index is 12.0. The van der Waals surface area contributed by atoms with Crippen LogP contribution < -0.4 is 10.6 Å². The zero-order chi connectivity index (χ0) is 13.0. The second-order valence-corrected chi connectivity index (χ2v) is 4.15. The molecule has 2 N–H and O–H groups in total. The van der Waals surface area contributed by atoms with Gasteiger partial charge in [-0.1, -0.05) is 17.7 Å². The highest BCUT2D eigenvalue weighted by Gasteiger charge is 2.05. The normalized spacial score (nSPS) is 9.89. The van der Waals surface area contributed by atoms with E-state index in [4.69, 9.17) is 0 Å². The van der Waals surface area contributed by atoms with E-state index in [9.17, 15) is 4.79 Å². The van der Waals surface area contributed by atoms with Crippen LogP contribution in [0.15, 0.2) is 48.5 Å². The van der Waals surface area contributed by atoms with E-state index in [2.05, 4.69) is 10.6 Å². The van der Waals surface area contributed by atoms with Crippen molar-refractivity contribution >= 4 is 17.3 Å².